The molecule has 1 saturated heterocycles. The van der Waals surface area contributed by atoms with E-state index in [0.29, 0.717) is 31.0 Å². The number of nitrogens with zero attached hydrogens (tertiary/aromatic N) is 1. The molecule has 1 aliphatic carbocycles. The normalized spacial score (nSPS) is 22.7. The Hall–Kier alpha value is -1.64. The van der Waals surface area contributed by atoms with E-state index in [1.807, 2.05) is 30.3 Å². The van der Waals surface area contributed by atoms with E-state index in [-0.39, 0.29) is 0 Å². The molecular formula is C23H33NO2. The summed E-state index contributed by atoms with van der Waals surface area (Å²) in [6.07, 6.45) is 11.3. The quantitative estimate of drug-likeness (QED) is 0.629. The second-order valence-corrected chi connectivity index (χ2v) is 8.19. The van der Waals surface area contributed by atoms with Crippen molar-refractivity contribution >= 4 is 11.7 Å². The van der Waals surface area contributed by atoms with E-state index in [1.165, 1.54) is 32.1 Å². The maximum absolute atomic E-state index is 12.5. The lowest BCUT2D eigenvalue weighted by atomic mass is 9.75. The molecule has 26 heavy (non-hydrogen) atoms. The molecule has 0 bridgehead atoms. The zero-order valence-electron chi connectivity index (χ0n) is 16.0. The summed E-state index contributed by atoms with van der Waals surface area (Å²) >= 11 is 0. The van der Waals surface area contributed by atoms with Gasteiger partial charge in [-0.1, -0.05) is 56.0 Å². The highest BCUT2D eigenvalue weighted by Gasteiger charge is 2.32. The number of unbranched alkanes of at least 4 members (excludes halogenated alkanes) is 2. The van der Waals surface area contributed by atoms with Gasteiger partial charge in [0.25, 0.3) is 0 Å². The smallest absolute Gasteiger partial charge is 0.222 e. The molecule has 2 unspecified atom stereocenters. The minimum absolute atomic E-state index is 0.307. The zero-order valence-corrected chi connectivity index (χ0v) is 16.0. The van der Waals surface area contributed by atoms with Crippen LogP contribution in [0.2, 0.25) is 0 Å². The maximum Gasteiger partial charge on any atom is 0.222 e. The number of fused-ring (bicyclic) bond motifs is 1. The van der Waals surface area contributed by atoms with Gasteiger partial charge in [-0.3, -0.25) is 9.59 Å². The van der Waals surface area contributed by atoms with Crippen molar-refractivity contribution in [3.63, 3.8) is 0 Å². The number of benzene rings is 1. The van der Waals surface area contributed by atoms with Gasteiger partial charge >= 0.3 is 0 Å². The molecule has 3 rings (SSSR count). The molecule has 2 aliphatic rings. The van der Waals surface area contributed by atoms with Crippen LogP contribution < -0.4 is 0 Å². The predicted octanol–water partition coefficient (Wildman–Crippen LogP) is 4.79. The number of rotatable bonds is 8. The number of Topliss-reactive ketones (excluding diaryl/α,β-unsaturated/α-hetero) is 1. The number of amides is 1. The van der Waals surface area contributed by atoms with Crippen LogP contribution in [-0.4, -0.2) is 29.7 Å². The van der Waals surface area contributed by atoms with Crippen molar-refractivity contribution in [1.29, 1.82) is 0 Å². The second kappa shape index (κ2) is 9.89. The SMILES string of the molecule is O=C(CCCCCC(=O)N1CCC2CCCCC2C1)Cc1ccccc1. The minimum Gasteiger partial charge on any atom is -0.342 e. The monoisotopic (exact) mass is 355 g/mol. The number of likely N-dealkylation sites (tertiary alicyclic amines) is 1. The van der Waals surface area contributed by atoms with Crippen LogP contribution in [0.25, 0.3) is 0 Å². The highest BCUT2D eigenvalue weighted by molar-refractivity contribution is 5.80. The molecule has 1 aliphatic heterocycles. The highest BCUT2D eigenvalue weighted by Crippen LogP contribution is 2.36. The predicted molar refractivity (Wildman–Crippen MR) is 105 cm³/mol. The lowest BCUT2D eigenvalue weighted by molar-refractivity contribution is -0.134. The van der Waals surface area contributed by atoms with Crippen LogP contribution in [0, 0.1) is 11.8 Å². The van der Waals surface area contributed by atoms with Gasteiger partial charge in [0.05, 0.1) is 0 Å². The van der Waals surface area contributed by atoms with Crippen LogP contribution in [0.4, 0.5) is 0 Å². The fourth-order valence-electron chi connectivity index (χ4n) is 4.67. The maximum atomic E-state index is 12.5. The van der Waals surface area contributed by atoms with Gasteiger partial charge in [-0.15, -0.1) is 0 Å². The molecule has 1 amide bonds. The Morgan fingerprint density at radius 2 is 1.62 bits per heavy atom. The van der Waals surface area contributed by atoms with E-state index in [2.05, 4.69) is 4.90 Å². The zero-order chi connectivity index (χ0) is 18.2. The average Bonchev–Trinajstić information content (AvgIpc) is 2.68. The number of hydrogen-bond acceptors (Lipinski definition) is 2. The van der Waals surface area contributed by atoms with Gasteiger partial charge in [0, 0.05) is 32.4 Å². The van der Waals surface area contributed by atoms with E-state index in [0.717, 1.165) is 49.8 Å². The van der Waals surface area contributed by atoms with Crippen molar-refractivity contribution < 1.29 is 9.59 Å². The summed E-state index contributed by atoms with van der Waals surface area (Å²) in [7, 11) is 0. The third-order valence-corrected chi connectivity index (χ3v) is 6.23. The molecule has 0 N–H and O–H groups in total. The lowest BCUT2D eigenvalue weighted by Gasteiger charge is -2.41. The van der Waals surface area contributed by atoms with Crippen LogP contribution in [-0.2, 0) is 16.0 Å². The van der Waals surface area contributed by atoms with Crippen molar-refractivity contribution in [3.05, 3.63) is 35.9 Å². The molecule has 0 aromatic heterocycles. The summed E-state index contributed by atoms with van der Waals surface area (Å²) in [6, 6.07) is 9.94. The van der Waals surface area contributed by atoms with Crippen LogP contribution in [0.15, 0.2) is 30.3 Å². The van der Waals surface area contributed by atoms with Gasteiger partial charge in [-0.05, 0) is 43.1 Å². The van der Waals surface area contributed by atoms with Gasteiger partial charge < -0.3 is 4.90 Å². The summed E-state index contributed by atoms with van der Waals surface area (Å²) in [6.45, 7) is 1.97. The van der Waals surface area contributed by atoms with Gasteiger partial charge in [-0.2, -0.15) is 0 Å². The molecule has 1 heterocycles. The Labute approximate surface area is 158 Å². The minimum atomic E-state index is 0.307. The first-order chi connectivity index (χ1) is 12.7. The molecule has 1 aromatic carbocycles. The van der Waals surface area contributed by atoms with Crippen LogP contribution in [0.1, 0.15) is 69.8 Å². The number of ketones is 1. The third kappa shape index (κ3) is 5.69. The Kier molecular flexibility index (Phi) is 7.28. The van der Waals surface area contributed by atoms with Crippen molar-refractivity contribution in [1.82, 2.24) is 4.90 Å². The first-order valence-electron chi connectivity index (χ1n) is 10.6. The molecule has 2 fully saturated rings. The summed E-state index contributed by atoms with van der Waals surface area (Å²) in [5.41, 5.74) is 1.10. The summed E-state index contributed by atoms with van der Waals surface area (Å²) in [4.78, 5) is 26.6. The third-order valence-electron chi connectivity index (χ3n) is 6.23. The van der Waals surface area contributed by atoms with Gasteiger partial charge in [-0.25, -0.2) is 0 Å². The fourth-order valence-corrected chi connectivity index (χ4v) is 4.67. The first kappa shape index (κ1) is 19.1. The Morgan fingerprint density at radius 3 is 2.42 bits per heavy atom. The lowest BCUT2D eigenvalue weighted by Crippen LogP contribution is -2.44. The van der Waals surface area contributed by atoms with Gasteiger partial charge in [0.1, 0.15) is 5.78 Å². The summed E-state index contributed by atoms with van der Waals surface area (Å²) < 4.78 is 0. The molecular weight excluding hydrogens is 322 g/mol. The molecule has 3 heteroatoms. The second-order valence-electron chi connectivity index (χ2n) is 8.19. The number of carbonyl (C=O) groups is 2. The molecule has 0 spiro atoms. The van der Waals surface area contributed by atoms with Gasteiger partial charge in [0.15, 0.2) is 0 Å². The van der Waals surface area contributed by atoms with Gasteiger partial charge in [0.2, 0.25) is 5.91 Å². The molecule has 2 atom stereocenters. The standard InChI is InChI=1S/C23H33NO2/c25-22(17-19-9-3-1-4-10-19)13-5-2-6-14-23(26)24-16-15-20-11-7-8-12-21(20)18-24/h1,3-4,9-10,20-21H,2,5-8,11-18H2. The average molecular weight is 356 g/mol. The van der Waals surface area contributed by atoms with Crippen LogP contribution in [0.3, 0.4) is 0 Å². The molecule has 142 valence electrons. The number of carbonyl (C=O) groups excluding carboxylic acids is 2. The van der Waals surface area contributed by atoms with Crippen LogP contribution in [0.5, 0.6) is 0 Å². The fraction of sp³-hybridized carbons (Fsp3) is 0.652. The van der Waals surface area contributed by atoms with E-state index >= 15 is 0 Å². The molecule has 3 nitrogen and oxygen atoms in total. The van der Waals surface area contributed by atoms with E-state index in [1.54, 1.807) is 0 Å². The number of hydrogen-bond donors (Lipinski definition) is 0. The largest absolute Gasteiger partial charge is 0.342 e. The summed E-state index contributed by atoms with van der Waals surface area (Å²) in [5, 5.41) is 0. The first-order valence-corrected chi connectivity index (χ1v) is 10.6. The molecule has 1 saturated carbocycles. The van der Waals surface area contributed by atoms with E-state index < -0.39 is 0 Å². The Balaban J connectivity index is 1.27. The van der Waals surface area contributed by atoms with Crippen molar-refractivity contribution in [2.75, 3.05) is 13.1 Å². The summed E-state index contributed by atoms with van der Waals surface area (Å²) in [5.74, 6) is 2.28. The van der Waals surface area contributed by atoms with Crippen molar-refractivity contribution in [2.45, 2.75) is 70.6 Å². The molecule has 0 radical (unpaired) electrons. The van der Waals surface area contributed by atoms with E-state index in [9.17, 15) is 9.59 Å². The number of piperidine rings is 1. The topological polar surface area (TPSA) is 37.4 Å². The van der Waals surface area contributed by atoms with Crippen molar-refractivity contribution in [3.8, 4) is 0 Å². The highest BCUT2D eigenvalue weighted by atomic mass is 16.2. The Morgan fingerprint density at radius 1 is 0.885 bits per heavy atom. The van der Waals surface area contributed by atoms with Crippen LogP contribution >= 0.6 is 0 Å². The Bertz CT molecular complexity index is 583. The van der Waals surface area contributed by atoms with Crippen molar-refractivity contribution in [2.24, 2.45) is 11.8 Å². The van der Waals surface area contributed by atoms with E-state index in [4.69, 9.17) is 0 Å². The molecule has 1 aromatic rings.